The van der Waals surface area contributed by atoms with Crippen LogP contribution in [-0.2, 0) is 19.6 Å². The second-order valence-corrected chi connectivity index (χ2v) is 10.4. The summed E-state index contributed by atoms with van der Waals surface area (Å²) in [6, 6.07) is 6.07. The Labute approximate surface area is 174 Å². The molecule has 2 amide bonds. The Morgan fingerprint density at radius 2 is 1.68 bits per heavy atom. The molecule has 154 valence electrons. The normalized spacial score (nSPS) is 19.4. The third-order valence-corrected chi connectivity index (χ3v) is 8.16. The van der Waals surface area contributed by atoms with Crippen molar-refractivity contribution in [3.8, 4) is 0 Å². The summed E-state index contributed by atoms with van der Waals surface area (Å²) in [5.41, 5.74) is 0. The molecule has 2 aliphatic rings. The molecule has 2 heterocycles. The van der Waals surface area contributed by atoms with E-state index in [4.69, 9.17) is 11.6 Å². The van der Waals surface area contributed by atoms with Gasteiger partial charge in [0.15, 0.2) is 0 Å². The van der Waals surface area contributed by atoms with Crippen molar-refractivity contribution < 1.29 is 18.0 Å². The van der Waals surface area contributed by atoms with Gasteiger partial charge in [-0.3, -0.25) is 9.59 Å². The first kappa shape index (κ1) is 21.4. The van der Waals surface area contributed by atoms with E-state index in [9.17, 15) is 18.0 Å². The average molecular weight is 446 g/mol. The first-order valence-electron chi connectivity index (χ1n) is 9.27. The summed E-state index contributed by atoms with van der Waals surface area (Å²) in [4.78, 5) is 26.5. The standard InChI is InChI=1S/C18H24ClN3O4S2/c19-15-1-3-16(4-2-15)28(25,26)22-7-5-14(6-8-22)18(24)20-13-17(23)21-9-11-27-12-10-21/h1-4,14H,5-13H2,(H,20,24). The third kappa shape index (κ3) is 5.20. The van der Waals surface area contributed by atoms with Gasteiger partial charge in [0.2, 0.25) is 21.8 Å². The number of benzene rings is 1. The predicted molar refractivity (Wildman–Crippen MR) is 110 cm³/mol. The molecule has 0 spiro atoms. The maximum absolute atomic E-state index is 12.7. The van der Waals surface area contributed by atoms with Gasteiger partial charge < -0.3 is 10.2 Å². The van der Waals surface area contributed by atoms with Gasteiger partial charge >= 0.3 is 0 Å². The van der Waals surface area contributed by atoms with Gasteiger partial charge in [0.25, 0.3) is 0 Å². The molecule has 0 unspecified atom stereocenters. The van der Waals surface area contributed by atoms with Crippen LogP contribution in [0.4, 0.5) is 0 Å². The van der Waals surface area contributed by atoms with E-state index >= 15 is 0 Å². The summed E-state index contributed by atoms with van der Waals surface area (Å²) in [6.45, 7) is 2.01. The lowest BCUT2D eigenvalue weighted by molar-refractivity contribution is -0.134. The Bertz CT molecular complexity index is 803. The lowest BCUT2D eigenvalue weighted by Gasteiger charge is -2.31. The fourth-order valence-corrected chi connectivity index (χ4v) is 5.84. The van der Waals surface area contributed by atoms with Gasteiger partial charge in [0.1, 0.15) is 0 Å². The van der Waals surface area contributed by atoms with Crippen molar-refractivity contribution in [2.45, 2.75) is 17.7 Å². The minimum atomic E-state index is -3.59. The molecule has 2 saturated heterocycles. The van der Waals surface area contributed by atoms with Crippen molar-refractivity contribution in [1.82, 2.24) is 14.5 Å². The van der Waals surface area contributed by atoms with E-state index in [1.165, 1.54) is 16.4 Å². The molecule has 1 N–H and O–H groups in total. The number of carbonyl (C=O) groups is 2. The predicted octanol–water partition coefficient (Wildman–Crippen LogP) is 1.43. The van der Waals surface area contributed by atoms with Crippen LogP contribution in [0.5, 0.6) is 0 Å². The lowest BCUT2D eigenvalue weighted by Crippen LogP contribution is -2.47. The number of nitrogens with zero attached hydrogens (tertiary/aromatic N) is 2. The van der Waals surface area contributed by atoms with Crippen LogP contribution < -0.4 is 5.32 Å². The molecule has 1 aromatic rings. The number of hydrogen-bond donors (Lipinski definition) is 1. The van der Waals surface area contributed by atoms with Crippen molar-refractivity contribution in [1.29, 1.82) is 0 Å². The summed E-state index contributed by atoms with van der Waals surface area (Å²) >= 11 is 7.64. The third-order valence-electron chi connectivity index (χ3n) is 5.05. The summed E-state index contributed by atoms with van der Waals surface area (Å²) in [5.74, 6) is 1.35. The molecule has 10 heteroatoms. The van der Waals surface area contributed by atoms with Crippen LogP contribution in [0, 0.1) is 5.92 Å². The van der Waals surface area contributed by atoms with E-state index in [1.807, 2.05) is 11.8 Å². The van der Waals surface area contributed by atoms with Crippen molar-refractivity contribution >= 4 is 45.2 Å². The van der Waals surface area contributed by atoms with Crippen LogP contribution in [0.25, 0.3) is 0 Å². The fraction of sp³-hybridized carbons (Fsp3) is 0.556. The highest BCUT2D eigenvalue weighted by Crippen LogP contribution is 2.24. The first-order valence-corrected chi connectivity index (χ1v) is 12.2. The molecule has 0 radical (unpaired) electrons. The molecule has 0 atom stereocenters. The zero-order chi connectivity index (χ0) is 20.1. The van der Waals surface area contributed by atoms with Crippen molar-refractivity contribution in [3.63, 3.8) is 0 Å². The van der Waals surface area contributed by atoms with Crippen LogP contribution in [0.15, 0.2) is 29.2 Å². The molecule has 2 aliphatic heterocycles. The number of rotatable bonds is 5. The van der Waals surface area contributed by atoms with E-state index in [2.05, 4.69) is 5.32 Å². The van der Waals surface area contributed by atoms with Crippen LogP contribution in [-0.4, -0.2) is 73.7 Å². The molecule has 0 aromatic heterocycles. The number of hydrogen-bond acceptors (Lipinski definition) is 5. The Kier molecular flexibility index (Phi) is 7.25. The highest BCUT2D eigenvalue weighted by Gasteiger charge is 2.32. The van der Waals surface area contributed by atoms with Crippen molar-refractivity contribution in [2.24, 2.45) is 5.92 Å². The number of carbonyl (C=O) groups excluding carboxylic acids is 2. The van der Waals surface area contributed by atoms with E-state index < -0.39 is 10.0 Å². The molecule has 7 nitrogen and oxygen atoms in total. The number of piperidine rings is 1. The second-order valence-electron chi connectivity index (χ2n) is 6.84. The molecule has 2 fully saturated rings. The van der Waals surface area contributed by atoms with Gasteiger partial charge in [0, 0.05) is 48.6 Å². The van der Waals surface area contributed by atoms with E-state index in [-0.39, 0.29) is 42.3 Å². The quantitative estimate of drug-likeness (QED) is 0.740. The van der Waals surface area contributed by atoms with Gasteiger partial charge in [-0.25, -0.2) is 8.42 Å². The van der Waals surface area contributed by atoms with Gasteiger partial charge in [-0.1, -0.05) is 11.6 Å². The summed E-state index contributed by atoms with van der Waals surface area (Å²) in [5, 5.41) is 3.20. The number of nitrogens with one attached hydrogen (secondary N) is 1. The number of amides is 2. The monoisotopic (exact) mass is 445 g/mol. The topological polar surface area (TPSA) is 86.8 Å². The molecule has 0 bridgehead atoms. The van der Waals surface area contributed by atoms with E-state index in [0.29, 0.717) is 17.9 Å². The zero-order valence-corrected chi connectivity index (χ0v) is 17.9. The minimum absolute atomic E-state index is 0.00673. The molecule has 28 heavy (non-hydrogen) atoms. The Hall–Kier alpha value is -1.29. The lowest BCUT2D eigenvalue weighted by atomic mass is 9.97. The number of sulfonamides is 1. The number of halogens is 1. The maximum atomic E-state index is 12.7. The van der Waals surface area contributed by atoms with E-state index in [1.54, 1.807) is 17.0 Å². The van der Waals surface area contributed by atoms with Crippen LogP contribution in [0.2, 0.25) is 5.02 Å². The number of thioether (sulfide) groups is 1. The van der Waals surface area contributed by atoms with Gasteiger partial charge in [-0.15, -0.1) is 0 Å². The molecular weight excluding hydrogens is 422 g/mol. The van der Waals surface area contributed by atoms with Crippen molar-refractivity contribution in [2.75, 3.05) is 44.2 Å². The van der Waals surface area contributed by atoms with Gasteiger partial charge in [-0.05, 0) is 37.1 Å². The molecule has 3 rings (SSSR count). The first-order chi connectivity index (χ1) is 13.4. The zero-order valence-electron chi connectivity index (χ0n) is 15.5. The summed E-state index contributed by atoms with van der Waals surface area (Å²) < 4.78 is 26.8. The van der Waals surface area contributed by atoms with Crippen LogP contribution in [0.1, 0.15) is 12.8 Å². The van der Waals surface area contributed by atoms with Gasteiger partial charge in [-0.2, -0.15) is 16.1 Å². The molecule has 0 saturated carbocycles. The fourth-order valence-electron chi connectivity index (χ4n) is 3.35. The van der Waals surface area contributed by atoms with Crippen LogP contribution >= 0.6 is 23.4 Å². The maximum Gasteiger partial charge on any atom is 0.243 e. The Morgan fingerprint density at radius 1 is 1.07 bits per heavy atom. The highest BCUT2D eigenvalue weighted by atomic mass is 35.5. The SMILES string of the molecule is O=C(NCC(=O)N1CCSCC1)C1CCN(S(=O)(=O)c2ccc(Cl)cc2)CC1. The molecule has 1 aromatic carbocycles. The Morgan fingerprint density at radius 3 is 2.29 bits per heavy atom. The van der Waals surface area contributed by atoms with Gasteiger partial charge in [0.05, 0.1) is 11.4 Å². The van der Waals surface area contributed by atoms with Crippen molar-refractivity contribution in [3.05, 3.63) is 29.3 Å². The highest BCUT2D eigenvalue weighted by molar-refractivity contribution is 7.99. The second kappa shape index (κ2) is 9.47. The summed E-state index contributed by atoms with van der Waals surface area (Å²) in [6.07, 6.45) is 0.875. The van der Waals surface area contributed by atoms with Crippen LogP contribution in [0.3, 0.4) is 0 Å². The largest absolute Gasteiger partial charge is 0.347 e. The minimum Gasteiger partial charge on any atom is -0.347 e. The smallest absolute Gasteiger partial charge is 0.243 e. The molecular formula is C18H24ClN3O4S2. The summed E-state index contributed by atoms with van der Waals surface area (Å²) in [7, 11) is -3.59. The Balaban J connectivity index is 1.48. The average Bonchev–Trinajstić information content (AvgIpc) is 2.73. The van der Waals surface area contributed by atoms with E-state index in [0.717, 1.165) is 24.6 Å². The molecule has 0 aliphatic carbocycles.